The van der Waals surface area contributed by atoms with E-state index in [2.05, 4.69) is 5.32 Å². The average Bonchev–Trinajstić information content (AvgIpc) is 3.15. The number of benzene rings is 1. The number of aromatic nitrogens is 2. The molecule has 9 nitrogen and oxygen atoms in total. The van der Waals surface area contributed by atoms with Gasteiger partial charge in [-0.05, 0) is 18.2 Å². The highest BCUT2D eigenvalue weighted by molar-refractivity contribution is 7.89. The van der Waals surface area contributed by atoms with Crippen LogP contribution in [0.1, 0.15) is 6.42 Å². The first-order valence-electron chi connectivity index (χ1n) is 8.19. The first-order valence-corrected chi connectivity index (χ1v) is 9.63. The third-order valence-corrected chi connectivity index (χ3v) is 7.11. The van der Waals surface area contributed by atoms with Crippen LogP contribution in [0.25, 0.3) is 10.9 Å². The monoisotopic (exact) mass is 378 g/mol. The molecule has 2 atom stereocenters. The fourth-order valence-electron chi connectivity index (χ4n) is 3.79. The quantitative estimate of drug-likeness (QED) is 0.702. The molecule has 0 bridgehead atoms. The number of hydrogen-bond acceptors (Lipinski definition) is 5. The van der Waals surface area contributed by atoms with Crippen molar-refractivity contribution in [1.29, 1.82) is 0 Å². The lowest BCUT2D eigenvalue weighted by Crippen LogP contribution is -2.37. The van der Waals surface area contributed by atoms with Crippen LogP contribution in [0.15, 0.2) is 32.7 Å². The minimum absolute atomic E-state index is 0.00653. The van der Waals surface area contributed by atoms with Gasteiger partial charge in [-0.25, -0.2) is 13.2 Å². The third-order valence-electron chi connectivity index (χ3n) is 5.28. The van der Waals surface area contributed by atoms with Gasteiger partial charge in [0.05, 0.1) is 15.8 Å². The van der Waals surface area contributed by atoms with Crippen molar-refractivity contribution in [2.24, 2.45) is 20.0 Å². The van der Waals surface area contributed by atoms with Crippen molar-refractivity contribution < 1.29 is 13.2 Å². The summed E-state index contributed by atoms with van der Waals surface area (Å²) < 4.78 is 29.6. The Morgan fingerprint density at radius 1 is 1.08 bits per heavy atom. The van der Waals surface area contributed by atoms with Gasteiger partial charge in [-0.3, -0.25) is 18.7 Å². The van der Waals surface area contributed by atoms with E-state index in [1.165, 1.54) is 41.2 Å². The second-order valence-electron chi connectivity index (χ2n) is 6.84. The summed E-state index contributed by atoms with van der Waals surface area (Å²) in [6.07, 6.45) is 0.330. The van der Waals surface area contributed by atoms with E-state index in [1.807, 2.05) is 0 Å². The smallest absolute Gasteiger partial charge is 0.330 e. The second-order valence-corrected chi connectivity index (χ2v) is 8.78. The minimum atomic E-state index is -3.80. The summed E-state index contributed by atoms with van der Waals surface area (Å²) in [6.45, 7) is 0.497. The summed E-state index contributed by atoms with van der Waals surface area (Å²) in [5, 5.41) is 2.96. The van der Waals surface area contributed by atoms with Gasteiger partial charge in [0.25, 0.3) is 5.56 Å². The van der Waals surface area contributed by atoms with Gasteiger partial charge in [0.1, 0.15) is 0 Å². The normalized spacial score (nSPS) is 23.4. The van der Waals surface area contributed by atoms with Crippen molar-refractivity contribution in [2.75, 3.05) is 13.1 Å². The molecule has 4 rings (SSSR count). The van der Waals surface area contributed by atoms with Crippen molar-refractivity contribution in [3.63, 3.8) is 0 Å². The second kappa shape index (κ2) is 5.52. The molecule has 0 radical (unpaired) electrons. The molecule has 2 aliphatic rings. The maximum Gasteiger partial charge on any atom is 0.330 e. The van der Waals surface area contributed by atoms with Gasteiger partial charge in [0.2, 0.25) is 15.9 Å². The van der Waals surface area contributed by atoms with E-state index in [0.717, 1.165) is 4.57 Å². The SMILES string of the molecule is Cn1c(=O)c2cc(S(=O)(=O)N3C[C@@H]4CC(=O)N[C@@H]4C3)ccc2n(C)c1=O. The lowest BCUT2D eigenvalue weighted by atomic mass is 10.1. The molecule has 10 heteroatoms. The van der Waals surface area contributed by atoms with Crippen LogP contribution in [0.5, 0.6) is 0 Å². The summed E-state index contributed by atoms with van der Waals surface area (Å²) in [7, 11) is -0.909. The molecule has 1 aromatic carbocycles. The van der Waals surface area contributed by atoms with E-state index in [-0.39, 0.29) is 41.2 Å². The van der Waals surface area contributed by atoms with Crippen LogP contribution in [0.3, 0.4) is 0 Å². The Hall–Kier alpha value is -2.46. The van der Waals surface area contributed by atoms with Gasteiger partial charge in [-0.15, -0.1) is 0 Å². The van der Waals surface area contributed by atoms with Crippen molar-refractivity contribution in [2.45, 2.75) is 17.4 Å². The molecule has 0 aliphatic carbocycles. The van der Waals surface area contributed by atoms with Crippen molar-refractivity contribution in [3.8, 4) is 0 Å². The molecular weight excluding hydrogens is 360 g/mol. The standard InChI is InChI=1S/C16H18N4O5S/c1-18-13-4-3-10(6-11(13)15(22)19(2)16(18)23)26(24,25)20-7-9-5-14(21)17-12(9)8-20/h3-4,6,9,12H,5,7-8H2,1-2H3,(H,17,21)/t9-,12+/m0/s1. The van der Waals surface area contributed by atoms with E-state index in [9.17, 15) is 22.8 Å². The summed E-state index contributed by atoms with van der Waals surface area (Å²) in [4.78, 5) is 35.8. The van der Waals surface area contributed by atoms with Gasteiger partial charge in [0.15, 0.2) is 0 Å². The maximum atomic E-state index is 13.0. The van der Waals surface area contributed by atoms with Crippen molar-refractivity contribution >= 4 is 26.8 Å². The van der Waals surface area contributed by atoms with Gasteiger partial charge in [-0.2, -0.15) is 4.31 Å². The van der Waals surface area contributed by atoms with Crippen molar-refractivity contribution in [3.05, 3.63) is 39.0 Å². The van der Waals surface area contributed by atoms with Crippen LogP contribution in [0.4, 0.5) is 0 Å². The van der Waals surface area contributed by atoms with Crippen LogP contribution in [0.2, 0.25) is 0 Å². The molecule has 3 heterocycles. The molecule has 26 heavy (non-hydrogen) atoms. The van der Waals surface area contributed by atoms with E-state index < -0.39 is 21.3 Å². The van der Waals surface area contributed by atoms with Gasteiger partial charge in [-0.1, -0.05) is 0 Å². The lowest BCUT2D eigenvalue weighted by molar-refractivity contribution is -0.119. The Morgan fingerprint density at radius 3 is 2.50 bits per heavy atom. The first kappa shape index (κ1) is 17.0. The Balaban J connectivity index is 1.78. The Bertz CT molecular complexity index is 1150. The number of fused-ring (bicyclic) bond motifs is 2. The zero-order valence-corrected chi connectivity index (χ0v) is 15.1. The van der Waals surface area contributed by atoms with Crippen LogP contribution in [-0.2, 0) is 28.9 Å². The fraction of sp³-hybridized carbons (Fsp3) is 0.438. The summed E-state index contributed by atoms with van der Waals surface area (Å²) in [5.74, 6) is -0.0708. The van der Waals surface area contributed by atoms with Crippen molar-refractivity contribution in [1.82, 2.24) is 18.8 Å². The van der Waals surface area contributed by atoms with Gasteiger partial charge in [0, 0.05) is 45.6 Å². The molecule has 0 spiro atoms. The lowest BCUT2D eigenvalue weighted by Gasteiger charge is -2.18. The zero-order chi connectivity index (χ0) is 18.8. The number of amides is 1. The van der Waals surface area contributed by atoms with Crippen LogP contribution < -0.4 is 16.6 Å². The molecule has 2 fully saturated rings. The maximum absolute atomic E-state index is 13.0. The largest absolute Gasteiger partial charge is 0.352 e. The van der Waals surface area contributed by atoms with E-state index in [4.69, 9.17) is 0 Å². The predicted octanol–water partition coefficient (Wildman–Crippen LogP) is -1.25. The highest BCUT2D eigenvalue weighted by Crippen LogP contribution is 2.30. The van der Waals surface area contributed by atoms with Crippen LogP contribution >= 0.6 is 0 Å². The summed E-state index contributed by atoms with van der Waals surface area (Å²) in [5.41, 5.74) is -0.630. The number of nitrogens with zero attached hydrogens (tertiary/aromatic N) is 3. The number of carbonyl (C=O) groups is 1. The molecular formula is C16H18N4O5S. The van der Waals surface area contributed by atoms with Gasteiger partial charge < -0.3 is 5.32 Å². The number of sulfonamides is 1. The van der Waals surface area contributed by atoms with Crippen LogP contribution in [-0.4, -0.2) is 46.9 Å². The first-order chi connectivity index (χ1) is 12.2. The zero-order valence-electron chi connectivity index (χ0n) is 14.3. The highest BCUT2D eigenvalue weighted by atomic mass is 32.2. The van der Waals surface area contributed by atoms with E-state index in [0.29, 0.717) is 11.9 Å². The molecule has 2 saturated heterocycles. The molecule has 1 amide bonds. The van der Waals surface area contributed by atoms with E-state index in [1.54, 1.807) is 0 Å². The number of rotatable bonds is 2. The topological polar surface area (TPSA) is 110 Å². The molecule has 2 aromatic rings. The number of aryl methyl sites for hydroxylation is 1. The third kappa shape index (κ3) is 2.32. The van der Waals surface area contributed by atoms with Gasteiger partial charge >= 0.3 is 5.69 Å². The molecule has 1 aromatic heterocycles. The number of nitrogens with one attached hydrogen (secondary N) is 1. The van der Waals surface area contributed by atoms with Crippen LogP contribution in [0, 0.1) is 5.92 Å². The minimum Gasteiger partial charge on any atom is -0.352 e. The Kier molecular flexibility index (Phi) is 3.60. The fourth-order valence-corrected chi connectivity index (χ4v) is 5.34. The molecule has 2 aliphatic heterocycles. The average molecular weight is 378 g/mol. The number of hydrogen-bond donors (Lipinski definition) is 1. The predicted molar refractivity (Wildman–Crippen MR) is 93.2 cm³/mol. The summed E-state index contributed by atoms with van der Waals surface area (Å²) >= 11 is 0. The number of carbonyl (C=O) groups excluding carboxylic acids is 1. The Morgan fingerprint density at radius 2 is 1.81 bits per heavy atom. The molecule has 138 valence electrons. The molecule has 1 N–H and O–H groups in total. The molecule has 0 unspecified atom stereocenters. The van der Waals surface area contributed by atoms with E-state index >= 15 is 0 Å². The highest BCUT2D eigenvalue weighted by Gasteiger charge is 2.44. The Labute approximate surface area is 148 Å². The summed E-state index contributed by atoms with van der Waals surface area (Å²) in [6, 6.07) is 4.04. The molecule has 0 saturated carbocycles.